The van der Waals surface area contributed by atoms with Crippen LogP contribution >= 0.6 is 0 Å². The molecule has 0 radical (unpaired) electrons. The number of anilines is 1. The molecule has 12 heteroatoms. The quantitative estimate of drug-likeness (QED) is 0.449. The van der Waals surface area contributed by atoms with Crippen LogP contribution in [0.1, 0.15) is 45.0 Å². The number of ether oxygens (including phenoxy) is 3. The van der Waals surface area contributed by atoms with Crippen molar-refractivity contribution >= 4 is 17.6 Å². The fraction of sp³-hybridized carbons (Fsp3) is 0.367. The summed E-state index contributed by atoms with van der Waals surface area (Å²) in [5.74, 6) is 1.51. The molecule has 1 saturated carbocycles. The summed E-state index contributed by atoms with van der Waals surface area (Å²) >= 11 is 0. The molecular formula is C30H27F3N4O5. The number of pyridine rings is 1. The molecule has 218 valence electrons. The van der Waals surface area contributed by atoms with Gasteiger partial charge in [-0.3, -0.25) is 14.5 Å². The Labute approximate surface area is 239 Å². The van der Waals surface area contributed by atoms with Crippen molar-refractivity contribution < 1.29 is 37.0 Å². The van der Waals surface area contributed by atoms with Crippen LogP contribution in [-0.4, -0.2) is 60.1 Å². The van der Waals surface area contributed by atoms with Crippen molar-refractivity contribution in [3.8, 4) is 17.2 Å². The third-order valence-electron chi connectivity index (χ3n) is 8.13. The Kier molecular flexibility index (Phi) is 6.54. The van der Waals surface area contributed by atoms with Crippen LogP contribution in [0, 0.1) is 0 Å². The number of amides is 2. The van der Waals surface area contributed by atoms with Crippen LogP contribution in [-0.2, 0) is 28.7 Å². The number of aromatic nitrogens is 1. The van der Waals surface area contributed by atoms with Gasteiger partial charge >= 0.3 is 6.18 Å². The molecule has 7 rings (SSSR count). The molecule has 4 heterocycles. The van der Waals surface area contributed by atoms with Crippen molar-refractivity contribution in [3.05, 3.63) is 76.5 Å². The Balaban J connectivity index is 1.05. The van der Waals surface area contributed by atoms with Crippen LogP contribution in [0.5, 0.6) is 17.2 Å². The maximum Gasteiger partial charge on any atom is 0.416 e. The van der Waals surface area contributed by atoms with Gasteiger partial charge < -0.3 is 24.8 Å². The summed E-state index contributed by atoms with van der Waals surface area (Å²) in [7, 11) is 0. The second kappa shape index (κ2) is 10.3. The van der Waals surface area contributed by atoms with Gasteiger partial charge in [0.2, 0.25) is 5.91 Å². The first-order valence-corrected chi connectivity index (χ1v) is 13.8. The van der Waals surface area contributed by atoms with Crippen molar-refractivity contribution in [2.45, 2.75) is 43.6 Å². The summed E-state index contributed by atoms with van der Waals surface area (Å²) in [6.07, 6.45) is -2.46. The molecule has 0 unspecified atom stereocenters. The van der Waals surface area contributed by atoms with E-state index < -0.39 is 17.6 Å². The van der Waals surface area contributed by atoms with E-state index in [1.54, 1.807) is 24.4 Å². The molecule has 2 aromatic carbocycles. The summed E-state index contributed by atoms with van der Waals surface area (Å²) in [5.41, 5.74) is 0.948. The normalized spacial score (nSPS) is 22.7. The first-order valence-electron chi connectivity index (χ1n) is 13.8. The Morgan fingerprint density at radius 2 is 1.95 bits per heavy atom. The van der Waals surface area contributed by atoms with Crippen molar-refractivity contribution in [3.63, 3.8) is 0 Å². The number of hydrogen-bond donors (Lipinski definition) is 2. The number of fused-ring (bicyclic) bond motifs is 4. The van der Waals surface area contributed by atoms with Crippen molar-refractivity contribution in [1.82, 2.24) is 15.2 Å². The number of carbonyl (C=O) groups excluding carboxylic acids is 2. The number of halogens is 3. The lowest BCUT2D eigenvalue weighted by atomic mass is 10.0. The van der Waals surface area contributed by atoms with Crippen LogP contribution in [0.15, 0.2) is 48.7 Å². The smallest absolute Gasteiger partial charge is 0.416 e. The minimum Gasteiger partial charge on any atom is -0.487 e. The number of alkyl halides is 3. The second-order valence-corrected chi connectivity index (χ2v) is 10.9. The predicted molar refractivity (Wildman–Crippen MR) is 144 cm³/mol. The third kappa shape index (κ3) is 5.05. The van der Waals surface area contributed by atoms with E-state index in [1.165, 1.54) is 12.1 Å². The molecule has 9 nitrogen and oxygen atoms in total. The maximum atomic E-state index is 13.9. The van der Waals surface area contributed by atoms with Gasteiger partial charge in [-0.15, -0.1) is 0 Å². The highest BCUT2D eigenvalue weighted by Gasteiger charge is 2.59. The first-order chi connectivity index (χ1) is 20.2. The minimum absolute atomic E-state index is 0.0510. The number of nitrogens with zero attached hydrogens (tertiary/aromatic N) is 2. The largest absolute Gasteiger partial charge is 0.487 e. The van der Waals surface area contributed by atoms with E-state index in [4.69, 9.17) is 14.2 Å². The molecule has 42 heavy (non-hydrogen) atoms. The minimum atomic E-state index is -4.59. The van der Waals surface area contributed by atoms with Gasteiger partial charge in [-0.05, 0) is 48.4 Å². The molecule has 0 spiro atoms. The molecule has 3 aromatic rings. The zero-order valence-corrected chi connectivity index (χ0v) is 22.4. The van der Waals surface area contributed by atoms with Crippen molar-refractivity contribution in [2.75, 3.05) is 31.6 Å². The van der Waals surface area contributed by atoms with Crippen molar-refractivity contribution in [1.29, 1.82) is 0 Å². The highest BCUT2D eigenvalue weighted by Crippen LogP contribution is 2.54. The molecule has 3 atom stereocenters. The lowest BCUT2D eigenvalue weighted by molar-refractivity contribution is -0.138. The van der Waals surface area contributed by atoms with E-state index in [-0.39, 0.29) is 41.6 Å². The Morgan fingerprint density at radius 3 is 2.76 bits per heavy atom. The third-order valence-corrected chi connectivity index (χ3v) is 8.13. The van der Waals surface area contributed by atoms with Gasteiger partial charge in [-0.2, -0.15) is 13.2 Å². The standard InChI is InChI=1S/C30H27F3N4O5/c31-30(32,33)21-13-16(1-2-17(21)15-37-9-11-40-12-10-37)29(39)36-26-25-20-14-18(3-5-22(20)42-27(25)26)41-23-7-8-34-28-19(23)4-6-24(38)35-28/h1-3,5,7-8,13-14,25-27H,4,6,9-12,15H2,(H,36,39)(H,34,35,38)/t25-,26-,27-/m0/s1. The molecule has 3 aliphatic heterocycles. The van der Waals surface area contributed by atoms with Crippen LogP contribution in [0.3, 0.4) is 0 Å². The van der Waals surface area contributed by atoms with Crippen molar-refractivity contribution in [2.24, 2.45) is 0 Å². The highest BCUT2D eigenvalue weighted by atomic mass is 19.4. The number of nitrogens with one attached hydrogen (secondary N) is 2. The van der Waals surface area contributed by atoms with Crippen LogP contribution < -0.4 is 20.1 Å². The van der Waals surface area contributed by atoms with Gasteiger partial charge in [-0.25, -0.2) is 4.98 Å². The molecule has 1 aliphatic carbocycles. The van der Waals surface area contributed by atoms with Gasteiger partial charge in [-0.1, -0.05) is 6.07 Å². The number of benzene rings is 2. The number of morpholine rings is 1. The van der Waals surface area contributed by atoms with Crippen LogP contribution in [0.4, 0.5) is 19.0 Å². The molecule has 1 saturated heterocycles. The first kappa shape index (κ1) is 26.7. The molecule has 4 aliphatic rings. The maximum absolute atomic E-state index is 13.9. The zero-order chi connectivity index (χ0) is 29.0. The van der Waals surface area contributed by atoms with E-state index in [1.807, 2.05) is 11.0 Å². The molecular weight excluding hydrogens is 553 g/mol. The Morgan fingerprint density at radius 1 is 1.12 bits per heavy atom. The average molecular weight is 581 g/mol. The van der Waals surface area contributed by atoms with E-state index in [0.717, 1.165) is 17.2 Å². The fourth-order valence-corrected chi connectivity index (χ4v) is 5.91. The predicted octanol–water partition coefficient (Wildman–Crippen LogP) is 4.27. The van der Waals surface area contributed by atoms with Gasteiger partial charge in [0.1, 0.15) is 29.2 Å². The van der Waals surface area contributed by atoms with E-state index >= 15 is 0 Å². The van der Waals surface area contributed by atoms with Gasteiger partial charge in [0, 0.05) is 48.9 Å². The molecule has 2 N–H and O–H groups in total. The van der Waals surface area contributed by atoms with Crippen LogP contribution in [0.25, 0.3) is 0 Å². The lowest BCUT2D eigenvalue weighted by Crippen LogP contribution is -2.36. The van der Waals surface area contributed by atoms with Gasteiger partial charge in [0.15, 0.2) is 0 Å². The summed E-state index contributed by atoms with van der Waals surface area (Å²) in [6.45, 7) is 2.21. The lowest BCUT2D eigenvalue weighted by Gasteiger charge is -2.27. The number of rotatable bonds is 6. The summed E-state index contributed by atoms with van der Waals surface area (Å²) in [4.78, 5) is 30.9. The Hall–Kier alpha value is -4.16. The zero-order valence-electron chi connectivity index (χ0n) is 22.4. The van der Waals surface area contributed by atoms with E-state index in [9.17, 15) is 22.8 Å². The molecule has 1 aromatic heterocycles. The van der Waals surface area contributed by atoms with Crippen LogP contribution in [0.2, 0.25) is 0 Å². The molecule has 0 bridgehead atoms. The summed E-state index contributed by atoms with van der Waals surface area (Å²) < 4.78 is 59.3. The summed E-state index contributed by atoms with van der Waals surface area (Å²) in [5, 5.41) is 5.61. The molecule has 2 amide bonds. The fourth-order valence-electron chi connectivity index (χ4n) is 5.91. The highest BCUT2D eigenvalue weighted by molar-refractivity contribution is 5.95. The average Bonchev–Trinajstić information content (AvgIpc) is 3.49. The second-order valence-electron chi connectivity index (χ2n) is 10.9. The number of carbonyl (C=O) groups is 2. The monoisotopic (exact) mass is 580 g/mol. The van der Waals surface area contributed by atoms with E-state index in [0.29, 0.717) is 62.2 Å². The van der Waals surface area contributed by atoms with Gasteiger partial charge in [0.05, 0.1) is 30.7 Å². The molecule has 2 fully saturated rings. The number of hydrogen-bond acceptors (Lipinski definition) is 7. The topological polar surface area (TPSA) is 102 Å². The van der Waals surface area contributed by atoms with Gasteiger partial charge in [0.25, 0.3) is 5.91 Å². The SMILES string of the molecule is O=C1CCc2c(Oc3ccc4c(c3)[C@H]3[C@H](NC(=O)c5ccc(CN6CCOCC6)c(C(F)(F)F)c5)[C@H]3O4)ccnc2N1. The Bertz CT molecular complexity index is 1570. The van der Waals surface area contributed by atoms with E-state index in [2.05, 4.69) is 15.6 Å². The summed E-state index contributed by atoms with van der Waals surface area (Å²) in [6, 6.07) is 10.6.